The number of aliphatic hydroxyl groups is 1. The Morgan fingerprint density at radius 2 is 2.00 bits per heavy atom. The van der Waals surface area contributed by atoms with Crippen LogP contribution in [0.1, 0.15) is 19.3 Å². The van der Waals surface area contributed by atoms with Crippen LogP contribution >= 0.6 is 0 Å². The Kier molecular flexibility index (Phi) is 7.77. The highest BCUT2D eigenvalue weighted by atomic mass is 16.2. The Morgan fingerprint density at radius 1 is 1.22 bits per heavy atom. The van der Waals surface area contributed by atoms with Gasteiger partial charge < -0.3 is 10.8 Å². The van der Waals surface area contributed by atoms with Crippen LogP contribution in [0.25, 0.3) is 0 Å². The number of unbranched alkanes of at least 4 members (excludes halogenated alkanes) is 2. The number of hydrogen-bond donors (Lipinski definition) is 3. The molecule has 0 unspecified atom stereocenters. The van der Waals surface area contributed by atoms with Gasteiger partial charge in [-0.25, -0.2) is 0 Å². The molecule has 0 amide bonds. The Balaban J connectivity index is 2.60. The molecule has 3 nitrogen and oxygen atoms in total. The number of nitrogens with one attached hydrogen (secondary N) is 1. The molecule has 0 saturated heterocycles. The van der Waals surface area contributed by atoms with E-state index < -0.39 is 0 Å². The monoisotopic (exact) mass is 133 g/mol. The van der Waals surface area contributed by atoms with Crippen molar-refractivity contribution in [2.45, 2.75) is 19.3 Å². The van der Waals surface area contributed by atoms with E-state index in [1.54, 1.807) is 0 Å². The van der Waals surface area contributed by atoms with Crippen molar-refractivity contribution < 1.29 is 10.8 Å². The summed E-state index contributed by atoms with van der Waals surface area (Å²) >= 11 is 0. The summed E-state index contributed by atoms with van der Waals surface area (Å²) in [6.07, 6.45) is 3.19. The van der Waals surface area contributed by atoms with E-state index in [0.717, 1.165) is 32.5 Å². The van der Waals surface area contributed by atoms with Gasteiger partial charge in [0.1, 0.15) is 6.67 Å². The summed E-state index contributed by atoms with van der Waals surface area (Å²) < 4.78 is 0. The molecule has 0 rings (SSSR count). The van der Waals surface area contributed by atoms with Crippen LogP contribution in [0.5, 0.6) is 0 Å². The van der Waals surface area contributed by atoms with Gasteiger partial charge in [-0.05, 0) is 19.3 Å². The minimum Gasteiger partial charge on any atom is -0.396 e. The van der Waals surface area contributed by atoms with Crippen molar-refractivity contribution in [1.82, 2.24) is 5.32 Å². The van der Waals surface area contributed by atoms with E-state index in [-0.39, 0.29) is 0 Å². The molecular weight excluding hydrogens is 116 g/mol. The lowest BCUT2D eigenvalue weighted by Gasteiger charge is -1.97. The van der Waals surface area contributed by atoms with Crippen LogP contribution in [0.2, 0.25) is 0 Å². The summed E-state index contributed by atoms with van der Waals surface area (Å²) in [4.78, 5) is 0. The lowest BCUT2D eigenvalue weighted by molar-refractivity contribution is -0.374. The summed E-state index contributed by atoms with van der Waals surface area (Å²) in [5.74, 6) is 0. The van der Waals surface area contributed by atoms with Gasteiger partial charge in [0.15, 0.2) is 0 Å². The van der Waals surface area contributed by atoms with Crippen LogP contribution in [-0.2, 0) is 0 Å². The Labute approximate surface area is 56.2 Å². The zero-order valence-electron chi connectivity index (χ0n) is 5.90. The lowest BCUT2D eigenvalue weighted by atomic mass is 10.2. The van der Waals surface area contributed by atoms with E-state index in [0.29, 0.717) is 6.61 Å². The Hall–Kier alpha value is -0.120. The third-order valence-electron chi connectivity index (χ3n) is 1.19. The Bertz CT molecular complexity index is 44.3. The van der Waals surface area contributed by atoms with Gasteiger partial charge in [-0.1, -0.05) is 0 Å². The zero-order chi connectivity index (χ0) is 6.95. The maximum atomic E-state index is 8.39. The van der Waals surface area contributed by atoms with Crippen molar-refractivity contribution in [2.24, 2.45) is 0 Å². The maximum Gasteiger partial charge on any atom is 0.127 e. The molecule has 0 aromatic rings. The molecule has 3 heteroatoms. The number of aliphatic hydroxyl groups excluding tert-OH is 1. The van der Waals surface area contributed by atoms with Gasteiger partial charge in [-0.15, -0.1) is 0 Å². The molecule has 0 fully saturated rings. The number of rotatable bonds is 6. The second kappa shape index (κ2) is 7.88. The lowest BCUT2D eigenvalue weighted by Crippen LogP contribution is -2.57. The third kappa shape index (κ3) is 7.88. The van der Waals surface area contributed by atoms with Gasteiger partial charge >= 0.3 is 0 Å². The molecule has 56 valence electrons. The standard InChI is InChI=1S/C6H16N2O/c7-6-8-4-2-1-3-5-9/h8-9H,1-7H2/p+1. The predicted molar refractivity (Wildman–Crippen MR) is 36.7 cm³/mol. The predicted octanol–water partition coefficient (Wildman–Crippen LogP) is -1.06. The van der Waals surface area contributed by atoms with Gasteiger partial charge in [0, 0.05) is 13.2 Å². The first-order valence-corrected chi connectivity index (χ1v) is 3.52. The molecule has 9 heavy (non-hydrogen) atoms. The second-order valence-electron chi connectivity index (χ2n) is 2.03. The fourth-order valence-electron chi connectivity index (χ4n) is 0.664. The topological polar surface area (TPSA) is 59.9 Å². The van der Waals surface area contributed by atoms with Crippen LogP contribution in [0, 0.1) is 0 Å². The smallest absolute Gasteiger partial charge is 0.127 e. The van der Waals surface area contributed by atoms with E-state index in [1.165, 1.54) is 0 Å². The summed E-state index contributed by atoms with van der Waals surface area (Å²) in [7, 11) is 0. The van der Waals surface area contributed by atoms with Crippen LogP contribution in [0.4, 0.5) is 0 Å². The van der Waals surface area contributed by atoms with Crippen molar-refractivity contribution >= 4 is 0 Å². The van der Waals surface area contributed by atoms with Gasteiger partial charge in [0.25, 0.3) is 0 Å². The minimum atomic E-state index is 0.324. The SMILES string of the molecule is [NH3+]CNCCCCCO. The minimum absolute atomic E-state index is 0.324. The van der Waals surface area contributed by atoms with Gasteiger partial charge in [0.2, 0.25) is 0 Å². The summed E-state index contributed by atoms with van der Waals surface area (Å²) in [6, 6.07) is 0. The van der Waals surface area contributed by atoms with Crippen molar-refractivity contribution in [3.05, 3.63) is 0 Å². The van der Waals surface area contributed by atoms with Crippen LogP contribution in [0.15, 0.2) is 0 Å². The molecule has 0 saturated carbocycles. The zero-order valence-corrected chi connectivity index (χ0v) is 5.90. The summed E-state index contributed by atoms with van der Waals surface area (Å²) in [5, 5.41) is 11.5. The molecule has 0 heterocycles. The van der Waals surface area contributed by atoms with Crippen molar-refractivity contribution in [3.63, 3.8) is 0 Å². The fraction of sp³-hybridized carbons (Fsp3) is 1.00. The summed E-state index contributed by atoms with van der Waals surface area (Å²) in [6.45, 7) is 2.16. The van der Waals surface area contributed by atoms with Gasteiger partial charge in [-0.3, -0.25) is 5.32 Å². The molecule has 0 radical (unpaired) electrons. The molecule has 0 aliphatic carbocycles. The van der Waals surface area contributed by atoms with Crippen molar-refractivity contribution in [1.29, 1.82) is 0 Å². The van der Waals surface area contributed by atoms with E-state index in [9.17, 15) is 0 Å². The molecule has 0 aliphatic heterocycles. The molecule has 0 aromatic heterocycles. The normalized spacial score (nSPS) is 10.0. The largest absolute Gasteiger partial charge is 0.396 e. The van der Waals surface area contributed by atoms with Gasteiger partial charge in [-0.2, -0.15) is 0 Å². The highest BCUT2D eigenvalue weighted by Gasteiger charge is 1.85. The van der Waals surface area contributed by atoms with E-state index in [1.807, 2.05) is 0 Å². The molecule has 0 spiro atoms. The van der Waals surface area contributed by atoms with Crippen molar-refractivity contribution in [3.8, 4) is 0 Å². The molecular formula is C6H17N2O+. The van der Waals surface area contributed by atoms with Crippen LogP contribution < -0.4 is 11.1 Å². The highest BCUT2D eigenvalue weighted by Crippen LogP contribution is 1.90. The first kappa shape index (κ1) is 8.88. The maximum absolute atomic E-state index is 8.39. The van der Waals surface area contributed by atoms with Gasteiger partial charge in [0.05, 0.1) is 0 Å². The first-order chi connectivity index (χ1) is 4.41. The number of hydrogen-bond acceptors (Lipinski definition) is 2. The molecule has 0 aliphatic rings. The van der Waals surface area contributed by atoms with E-state index in [4.69, 9.17) is 5.11 Å². The quantitative estimate of drug-likeness (QED) is 0.319. The second-order valence-corrected chi connectivity index (χ2v) is 2.03. The first-order valence-electron chi connectivity index (χ1n) is 3.52. The molecule has 0 bridgehead atoms. The average molecular weight is 133 g/mol. The Morgan fingerprint density at radius 3 is 2.56 bits per heavy atom. The van der Waals surface area contributed by atoms with Crippen molar-refractivity contribution in [2.75, 3.05) is 19.8 Å². The average Bonchev–Trinajstić information content (AvgIpc) is 1.89. The fourth-order valence-corrected chi connectivity index (χ4v) is 0.664. The highest BCUT2D eigenvalue weighted by molar-refractivity contribution is 4.42. The molecule has 5 N–H and O–H groups in total. The molecule has 0 aromatic carbocycles. The summed E-state index contributed by atoms with van der Waals surface area (Å²) in [5.41, 5.74) is 3.64. The van der Waals surface area contributed by atoms with Crippen LogP contribution in [0.3, 0.4) is 0 Å². The van der Waals surface area contributed by atoms with E-state index in [2.05, 4.69) is 11.1 Å². The number of quaternary nitrogens is 1. The van der Waals surface area contributed by atoms with Crippen LogP contribution in [-0.4, -0.2) is 24.9 Å². The van der Waals surface area contributed by atoms with E-state index >= 15 is 0 Å². The molecule has 0 atom stereocenters. The third-order valence-corrected chi connectivity index (χ3v) is 1.19.